The molecule has 0 saturated carbocycles. The van der Waals surface area contributed by atoms with Gasteiger partial charge in [-0.25, -0.2) is 13.1 Å². The number of para-hydroxylation sites is 1. The number of carbonyl (C=O) groups excluding carboxylic acids is 1. The maximum Gasteiger partial charge on any atom is 0.252 e. The lowest BCUT2D eigenvalue weighted by Gasteiger charge is -2.30. The molecule has 1 aliphatic heterocycles. The number of nitrogens with zero attached hydrogens (tertiary/aromatic N) is 4. The zero-order valence-electron chi connectivity index (χ0n) is 18.5. The van der Waals surface area contributed by atoms with Crippen molar-refractivity contribution < 1.29 is 23.4 Å². The number of nitrogens with one attached hydrogen (secondary N) is 1. The molecule has 0 unspecified atom stereocenters. The quantitative estimate of drug-likeness (QED) is 0.337. The van der Waals surface area contributed by atoms with Gasteiger partial charge in [0.15, 0.2) is 11.5 Å². The number of hydrogen-bond acceptors (Lipinski definition) is 8. The van der Waals surface area contributed by atoms with Gasteiger partial charge in [-0.05, 0) is 55.3 Å². The molecule has 4 aromatic rings. The number of carbonyl (C=O) groups is 1. The molecule has 0 spiro atoms. The Morgan fingerprint density at radius 3 is 2.60 bits per heavy atom. The van der Waals surface area contributed by atoms with E-state index in [1.165, 1.54) is 22.5 Å². The largest absolute Gasteiger partial charge is 0.504 e. The molecule has 1 saturated heterocycles. The summed E-state index contributed by atoms with van der Waals surface area (Å²) in [6.45, 7) is 0.910. The van der Waals surface area contributed by atoms with Crippen molar-refractivity contribution in [1.82, 2.24) is 24.6 Å². The second-order valence-electron chi connectivity index (χ2n) is 8.26. The van der Waals surface area contributed by atoms with Crippen LogP contribution in [-0.2, 0) is 16.6 Å². The Morgan fingerprint density at radius 2 is 1.83 bits per heavy atom. The summed E-state index contributed by atoms with van der Waals surface area (Å²) in [5, 5.41) is 30.1. The van der Waals surface area contributed by atoms with Crippen LogP contribution in [0.25, 0.3) is 11.0 Å². The van der Waals surface area contributed by atoms with Gasteiger partial charge in [-0.2, -0.15) is 4.31 Å². The number of piperidine rings is 1. The topological polar surface area (TPSA) is 138 Å². The molecule has 0 radical (unpaired) electrons. The molecular formula is C23H23N5O5S2. The average molecular weight is 514 g/mol. The van der Waals surface area contributed by atoms with Crippen LogP contribution in [0.1, 0.15) is 34.1 Å². The fourth-order valence-electron chi connectivity index (χ4n) is 4.14. The molecule has 182 valence electrons. The van der Waals surface area contributed by atoms with Gasteiger partial charge in [-0.3, -0.25) is 4.79 Å². The first-order valence-electron chi connectivity index (χ1n) is 11.0. The van der Waals surface area contributed by atoms with E-state index in [0.717, 1.165) is 22.4 Å². The number of fused-ring (bicyclic) bond motifs is 1. The number of benzene rings is 2. The van der Waals surface area contributed by atoms with E-state index in [1.54, 1.807) is 12.1 Å². The predicted molar refractivity (Wildman–Crippen MR) is 130 cm³/mol. The zero-order chi connectivity index (χ0) is 24.6. The fourth-order valence-corrected chi connectivity index (χ4v) is 7.06. The van der Waals surface area contributed by atoms with Crippen molar-refractivity contribution in [3.8, 4) is 11.5 Å². The summed E-state index contributed by atoms with van der Waals surface area (Å²) in [5.74, 6) is -1.14. The maximum atomic E-state index is 13.2. The Kier molecular flexibility index (Phi) is 6.17. The van der Waals surface area contributed by atoms with Crippen molar-refractivity contribution in [3.05, 3.63) is 65.0 Å². The maximum absolute atomic E-state index is 13.2. The molecule has 35 heavy (non-hydrogen) atoms. The van der Waals surface area contributed by atoms with Crippen LogP contribution in [0.3, 0.4) is 0 Å². The molecule has 5 rings (SSSR count). The van der Waals surface area contributed by atoms with Gasteiger partial charge in [0, 0.05) is 23.5 Å². The highest BCUT2D eigenvalue weighted by Crippen LogP contribution is 2.31. The lowest BCUT2D eigenvalue weighted by molar-refractivity contribution is 0.0951. The third-order valence-corrected chi connectivity index (χ3v) is 9.49. The highest BCUT2D eigenvalue weighted by Gasteiger charge is 2.32. The Morgan fingerprint density at radius 1 is 1.06 bits per heavy atom. The lowest BCUT2D eigenvalue weighted by Crippen LogP contribution is -2.38. The van der Waals surface area contributed by atoms with E-state index in [4.69, 9.17) is 0 Å². The average Bonchev–Trinajstić information content (AvgIpc) is 3.52. The van der Waals surface area contributed by atoms with Gasteiger partial charge in [0.05, 0.1) is 18.1 Å². The number of amides is 1. The van der Waals surface area contributed by atoms with Gasteiger partial charge < -0.3 is 15.5 Å². The van der Waals surface area contributed by atoms with Crippen molar-refractivity contribution in [2.75, 3.05) is 13.1 Å². The number of aromatic hydroxyl groups is 2. The lowest BCUT2D eigenvalue weighted by atomic mass is 10.1. The third kappa shape index (κ3) is 4.59. The molecule has 2 aromatic heterocycles. The molecule has 10 nitrogen and oxygen atoms in total. The summed E-state index contributed by atoms with van der Waals surface area (Å²) >= 11 is 1.12. The summed E-state index contributed by atoms with van der Waals surface area (Å²) in [7, 11) is -3.64. The summed E-state index contributed by atoms with van der Waals surface area (Å²) in [6.07, 6.45) is 1.28. The molecule has 1 amide bonds. The van der Waals surface area contributed by atoms with Crippen LogP contribution in [0.4, 0.5) is 0 Å². The van der Waals surface area contributed by atoms with Crippen molar-refractivity contribution in [2.45, 2.75) is 29.6 Å². The molecule has 1 fully saturated rings. The number of rotatable bonds is 6. The van der Waals surface area contributed by atoms with E-state index in [9.17, 15) is 23.4 Å². The van der Waals surface area contributed by atoms with Gasteiger partial charge in [0.25, 0.3) is 15.9 Å². The molecule has 0 bridgehead atoms. The second kappa shape index (κ2) is 9.29. The van der Waals surface area contributed by atoms with Crippen LogP contribution in [-0.4, -0.2) is 56.9 Å². The molecule has 3 N–H and O–H groups in total. The predicted octanol–water partition coefficient (Wildman–Crippen LogP) is 2.86. The standard InChI is InChI=1S/C23H23N5O5S2/c29-20-7-5-15(13-21(20)30)23(31)24-14-17-6-8-22(34-17)35(32,33)27-11-9-16(10-12-27)28-19-4-2-1-3-18(19)25-26-28/h1-8,13,16,29-30H,9-12,14H2,(H,24,31). The minimum absolute atomic E-state index is 0.0855. The number of sulfonamides is 1. The van der Waals surface area contributed by atoms with E-state index in [2.05, 4.69) is 15.6 Å². The molecule has 0 atom stereocenters. The summed E-state index contributed by atoms with van der Waals surface area (Å²) in [5.41, 5.74) is 1.96. The van der Waals surface area contributed by atoms with E-state index in [1.807, 2.05) is 28.9 Å². The van der Waals surface area contributed by atoms with Crippen LogP contribution >= 0.6 is 11.3 Å². The molecule has 12 heteroatoms. The van der Waals surface area contributed by atoms with Crippen molar-refractivity contribution in [1.29, 1.82) is 0 Å². The molecule has 0 aliphatic carbocycles. The van der Waals surface area contributed by atoms with Crippen molar-refractivity contribution in [2.24, 2.45) is 0 Å². The molecule has 2 aromatic carbocycles. The number of aromatic nitrogens is 3. The number of thiophene rings is 1. The summed E-state index contributed by atoms with van der Waals surface area (Å²) in [6, 6.07) is 14.8. The van der Waals surface area contributed by atoms with Crippen molar-refractivity contribution in [3.63, 3.8) is 0 Å². The summed E-state index contributed by atoms with van der Waals surface area (Å²) < 4.78 is 30.0. The van der Waals surface area contributed by atoms with Gasteiger partial charge in [0.1, 0.15) is 9.73 Å². The van der Waals surface area contributed by atoms with Gasteiger partial charge in [-0.1, -0.05) is 17.3 Å². The number of hydrogen-bond donors (Lipinski definition) is 3. The Labute approximate surface area is 205 Å². The van der Waals surface area contributed by atoms with Crippen LogP contribution in [0.15, 0.2) is 58.8 Å². The van der Waals surface area contributed by atoms with Crippen LogP contribution in [0, 0.1) is 0 Å². The number of phenols is 2. The highest BCUT2D eigenvalue weighted by molar-refractivity contribution is 7.91. The number of phenolic OH excluding ortho intramolecular Hbond substituents is 2. The van der Waals surface area contributed by atoms with E-state index in [-0.39, 0.29) is 33.9 Å². The van der Waals surface area contributed by atoms with Crippen molar-refractivity contribution >= 4 is 38.3 Å². The minimum Gasteiger partial charge on any atom is -0.504 e. The zero-order valence-corrected chi connectivity index (χ0v) is 20.2. The van der Waals surface area contributed by atoms with E-state index < -0.39 is 15.9 Å². The fraction of sp³-hybridized carbons (Fsp3) is 0.261. The van der Waals surface area contributed by atoms with Crippen LogP contribution < -0.4 is 5.32 Å². The first-order valence-corrected chi connectivity index (χ1v) is 13.3. The van der Waals surface area contributed by atoms with Gasteiger partial charge >= 0.3 is 0 Å². The molecular weight excluding hydrogens is 490 g/mol. The SMILES string of the molecule is O=C(NCc1ccc(S(=O)(=O)N2CCC(n3nnc4ccccc43)CC2)s1)c1ccc(O)c(O)c1. The molecule has 1 aliphatic rings. The normalized spacial score (nSPS) is 15.4. The Hall–Kier alpha value is -3.48. The van der Waals surface area contributed by atoms with Gasteiger partial charge in [0.2, 0.25) is 0 Å². The minimum atomic E-state index is -3.64. The Balaban J connectivity index is 1.21. The highest BCUT2D eigenvalue weighted by atomic mass is 32.2. The molecule has 3 heterocycles. The van der Waals surface area contributed by atoms with Gasteiger partial charge in [-0.15, -0.1) is 16.4 Å². The van der Waals surface area contributed by atoms with Crippen LogP contribution in [0.2, 0.25) is 0 Å². The first-order chi connectivity index (χ1) is 16.8. The smallest absolute Gasteiger partial charge is 0.252 e. The van der Waals surface area contributed by atoms with E-state index in [0.29, 0.717) is 30.8 Å². The van der Waals surface area contributed by atoms with Crippen LogP contribution in [0.5, 0.6) is 11.5 Å². The Bertz CT molecular complexity index is 1490. The second-order valence-corrected chi connectivity index (χ2v) is 11.6. The summed E-state index contributed by atoms with van der Waals surface area (Å²) in [4.78, 5) is 13.0. The third-order valence-electron chi connectivity index (χ3n) is 6.04. The van der Waals surface area contributed by atoms with E-state index >= 15 is 0 Å². The first kappa shape index (κ1) is 23.3. The monoisotopic (exact) mass is 513 g/mol.